The van der Waals surface area contributed by atoms with Crippen molar-refractivity contribution in [1.29, 1.82) is 0 Å². The van der Waals surface area contributed by atoms with Crippen LogP contribution >= 0.6 is 11.3 Å². The second-order valence-electron chi connectivity index (χ2n) is 5.42. The van der Waals surface area contributed by atoms with Crippen molar-refractivity contribution >= 4 is 16.5 Å². The second-order valence-corrected chi connectivity index (χ2v) is 6.48. The summed E-state index contributed by atoms with van der Waals surface area (Å²) in [5, 5.41) is 1.16. The van der Waals surface area contributed by atoms with Crippen LogP contribution in [0.1, 0.15) is 37.8 Å². The molecule has 0 saturated carbocycles. The summed E-state index contributed by atoms with van der Waals surface area (Å²) >= 11 is 1.76. The van der Waals surface area contributed by atoms with Crippen LogP contribution in [0.3, 0.4) is 0 Å². The molecule has 1 aliphatic rings. The maximum Gasteiger partial charge on any atom is 0.186 e. The largest absolute Gasteiger partial charge is 0.345 e. The number of nitrogens with two attached hydrogens (primary N) is 1. The van der Waals surface area contributed by atoms with Gasteiger partial charge in [0.2, 0.25) is 0 Å². The fourth-order valence-electron chi connectivity index (χ4n) is 2.69. The first-order valence-electron chi connectivity index (χ1n) is 6.46. The van der Waals surface area contributed by atoms with Crippen LogP contribution in [0.2, 0.25) is 0 Å². The number of thiazole rings is 1. The maximum absolute atomic E-state index is 5.73. The van der Waals surface area contributed by atoms with Gasteiger partial charge in [-0.15, -0.1) is 11.3 Å². The number of aromatic nitrogens is 1. The van der Waals surface area contributed by atoms with Crippen molar-refractivity contribution in [1.82, 2.24) is 4.98 Å². The van der Waals surface area contributed by atoms with Gasteiger partial charge in [0.1, 0.15) is 0 Å². The molecular weight excluding hydrogens is 230 g/mol. The van der Waals surface area contributed by atoms with E-state index in [9.17, 15) is 0 Å². The Morgan fingerprint density at radius 1 is 1.41 bits per heavy atom. The van der Waals surface area contributed by atoms with Gasteiger partial charge in [0, 0.05) is 24.0 Å². The highest BCUT2D eigenvalue weighted by Crippen LogP contribution is 2.34. The van der Waals surface area contributed by atoms with E-state index in [1.165, 1.54) is 11.3 Å². The summed E-state index contributed by atoms with van der Waals surface area (Å²) < 4.78 is 0. The van der Waals surface area contributed by atoms with Gasteiger partial charge in [0.15, 0.2) is 5.13 Å². The molecule has 2 N–H and O–H groups in total. The summed E-state index contributed by atoms with van der Waals surface area (Å²) in [6.45, 7) is 10.8. The summed E-state index contributed by atoms with van der Waals surface area (Å²) in [5.74, 6) is 1.50. The molecule has 0 bridgehead atoms. The first kappa shape index (κ1) is 12.8. The van der Waals surface area contributed by atoms with E-state index in [0.717, 1.165) is 29.2 Å². The standard InChI is InChI=1S/C13H23N3S/c1-8-5-9(2)11(4)16(7-8)13-15-10(3)12(6-14)17-13/h8-9,11H,5-7,14H2,1-4H3. The molecular formula is C13H23N3S. The Balaban J connectivity index is 2.24. The number of aryl methyl sites for hydroxylation is 1. The van der Waals surface area contributed by atoms with E-state index < -0.39 is 0 Å². The normalized spacial score (nSPS) is 29.7. The minimum absolute atomic E-state index is 0.586. The minimum Gasteiger partial charge on any atom is -0.345 e. The molecule has 0 aromatic carbocycles. The van der Waals surface area contributed by atoms with Gasteiger partial charge < -0.3 is 10.6 Å². The van der Waals surface area contributed by atoms with Crippen LogP contribution in [0.5, 0.6) is 0 Å². The molecule has 1 aromatic rings. The van der Waals surface area contributed by atoms with Crippen molar-refractivity contribution in [3.63, 3.8) is 0 Å². The zero-order valence-electron chi connectivity index (χ0n) is 11.2. The van der Waals surface area contributed by atoms with E-state index >= 15 is 0 Å². The number of rotatable bonds is 2. The Kier molecular flexibility index (Phi) is 3.73. The Labute approximate surface area is 108 Å². The van der Waals surface area contributed by atoms with Crippen molar-refractivity contribution in [2.75, 3.05) is 11.4 Å². The van der Waals surface area contributed by atoms with Crippen molar-refractivity contribution in [3.05, 3.63) is 10.6 Å². The molecule has 1 fully saturated rings. The predicted molar refractivity (Wildman–Crippen MR) is 74.5 cm³/mol. The lowest BCUT2D eigenvalue weighted by Gasteiger charge is -2.41. The molecule has 96 valence electrons. The number of hydrogen-bond acceptors (Lipinski definition) is 4. The maximum atomic E-state index is 5.73. The van der Waals surface area contributed by atoms with Crippen LogP contribution in [-0.2, 0) is 6.54 Å². The fourth-order valence-corrected chi connectivity index (χ4v) is 3.73. The molecule has 0 spiro atoms. The smallest absolute Gasteiger partial charge is 0.186 e. The number of anilines is 1. The molecule has 3 nitrogen and oxygen atoms in total. The van der Waals surface area contributed by atoms with Crippen molar-refractivity contribution in [3.8, 4) is 0 Å². The van der Waals surface area contributed by atoms with Gasteiger partial charge in [-0.25, -0.2) is 4.98 Å². The second kappa shape index (κ2) is 4.94. The zero-order chi connectivity index (χ0) is 12.6. The lowest BCUT2D eigenvalue weighted by atomic mass is 9.86. The summed E-state index contributed by atoms with van der Waals surface area (Å²) in [6, 6.07) is 0.586. The molecule has 2 heterocycles. The molecule has 0 aliphatic carbocycles. The van der Waals surface area contributed by atoms with Gasteiger partial charge in [-0.2, -0.15) is 0 Å². The molecule has 4 heteroatoms. The minimum atomic E-state index is 0.586. The van der Waals surface area contributed by atoms with E-state index in [1.54, 1.807) is 11.3 Å². The van der Waals surface area contributed by atoms with Crippen LogP contribution in [0.15, 0.2) is 0 Å². The first-order chi connectivity index (χ1) is 8.02. The van der Waals surface area contributed by atoms with Crippen molar-refractivity contribution in [2.24, 2.45) is 17.6 Å². The fraction of sp³-hybridized carbons (Fsp3) is 0.769. The lowest BCUT2D eigenvalue weighted by Crippen LogP contribution is -2.45. The Morgan fingerprint density at radius 2 is 2.12 bits per heavy atom. The van der Waals surface area contributed by atoms with Crippen LogP contribution in [0.4, 0.5) is 5.13 Å². The van der Waals surface area contributed by atoms with E-state index in [1.807, 2.05) is 0 Å². The topological polar surface area (TPSA) is 42.2 Å². The van der Waals surface area contributed by atoms with Crippen LogP contribution in [-0.4, -0.2) is 17.6 Å². The molecule has 17 heavy (non-hydrogen) atoms. The third kappa shape index (κ3) is 2.47. The van der Waals surface area contributed by atoms with Crippen LogP contribution < -0.4 is 10.6 Å². The molecule has 0 amide bonds. The Hall–Kier alpha value is -0.610. The highest BCUT2D eigenvalue weighted by molar-refractivity contribution is 7.15. The van der Waals surface area contributed by atoms with E-state index in [4.69, 9.17) is 5.73 Å². The molecule has 1 aliphatic heterocycles. The highest BCUT2D eigenvalue weighted by Gasteiger charge is 2.30. The van der Waals surface area contributed by atoms with E-state index in [-0.39, 0.29) is 0 Å². The SMILES string of the molecule is Cc1nc(N2CC(C)CC(C)C2C)sc1CN. The molecule has 3 atom stereocenters. The van der Waals surface area contributed by atoms with E-state index in [2.05, 4.69) is 37.6 Å². The van der Waals surface area contributed by atoms with Crippen LogP contribution in [0.25, 0.3) is 0 Å². The molecule has 2 rings (SSSR count). The third-order valence-electron chi connectivity index (χ3n) is 3.91. The van der Waals surface area contributed by atoms with Gasteiger partial charge in [0.25, 0.3) is 0 Å². The monoisotopic (exact) mass is 253 g/mol. The summed E-state index contributed by atoms with van der Waals surface area (Å²) in [7, 11) is 0. The Bertz CT molecular complexity index is 388. The van der Waals surface area contributed by atoms with Gasteiger partial charge in [-0.3, -0.25) is 0 Å². The van der Waals surface area contributed by atoms with Crippen molar-refractivity contribution < 1.29 is 0 Å². The summed E-state index contributed by atoms with van der Waals surface area (Å²) in [5.41, 5.74) is 6.84. The average molecular weight is 253 g/mol. The molecule has 1 saturated heterocycles. The van der Waals surface area contributed by atoms with Gasteiger partial charge in [0.05, 0.1) is 5.69 Å². The molecule has 0 radical (unpaired) electrons. The highest BCUT2D eigenvalue weighted by atomic mass is 32.1. The lowest BCUT2D eigenvalue weighted by molar-refractivity contribution is 0.297. The quantitative estimate of drug-likeness (QED) is 0.881. The Morgan fingerprint density at radius 3 is 2.71 bits per heavy atom. The van der Waals surface area contributed by atoms with Gasteiger partial charge in [-0.05, 0) is 32.1 Å². The number of piperidine rings is 1. The predicted octanol–water partition coefficient (Wildman–Crippen LogP) is 2.78. The number of hydrogen-bond donors (Lipinski definition) is 1. The van der Waals surface area contributed by atoms with Gasteiger partial charge >= 0.3 is 0 Å². The first-order valence-corrected chi connectivity index (χ1v) is 7.27. The third-order valence-corrected chi connectivity index (χ3v) is 5.13. The van der Waals surface area contributed by atoms with Gasteiger partial charge in [-0.1, -0.05) is 13.8 Å². The zero-order valence-corrected chi connectivity index (χ0v) is 12.0. The summed E-state index contributed by atoms with van der Waals surface area (Å²) in [4.78, 5) is 8.38. The number of nitrogens with zero attached hydrogens (tertiary/aromatic N) is 2. The van der Waals surface area contributed by atoms with Crippen molar-refractivity contribution in [2.45, 2.75) is 46.7 Å². The molecule has 3 unspecified atom stereocenters. The molecule has 1 aromatic heterocycles. The average Bonchev–Trinajstić information content (AvgIpc) is 2.64. The van der Waals surface area contributed by atoms with E-state index in [0.29, 0.717) is 12.6 Å². The summed E-state index contributed by atoms with van der Waals surface area (Å²) in [6.07, 6.45) is 1.33. The van der Waals surface area contributed by atoms with Crippen LogP contribution in [0, 0.1) is 18.8 Å².